The van der Waals surface area contributed by atoms with Gasteiger partial charge in [-0.15, -0.1) is 10.2 Å². The van der Waals surface area contributed by atoms with Crippen LogP contribution in [0, 0.1) is 25.2 Å². The molecular weight excluding hydrogens is 242 g/mol. The molecule has 0 unspecified atom stereocenters. The van der Waals surface area contributed by atoms with Crippen LogP contribution in [0.1, 0.15) is 29.1 Å². The summed E-state index contributed by atoms with van der Waals surface area (Å²) in [5.74, 6) is 1.56. The van der Waals surface area contributed by atoms with Crippen LogP contribution >= 0.6 is 0 Å². The van der Waals surface area contributed by atoms with Crippen molar-refractivity contribution >= 4 is 5.82 Å². The molecule has 98 valence electrons. The molecule has 0 aromatic carbocycles. The Hall–Kier alpha value is -2.42. The third-order valence-corrected chi connectivity index (χ3v) is 2.87. The highest BCUT2D eigenvalue weighted by molar-refractivity contribution is 5.35. The van der Waals surface area contributed by atoms with E-state index in [0.29, 0.717) is 11.5 Å². The van der Waals surface area contributed by atoms with Gasteiger partial charge in [0.25, 0.3) is 0 Å². The van der Waals surface area contributed by atoms with Crippen LogP contribution in [0.25, 0.3) is 0 Å². The summed E-state index contributed by atoms with van der Waals surface area (Å²) in [5, 5.41) is 23.4. The zero-order valence-corrected chi connectivity index (χ0v) is 11.0. The first-order valence-electron chi connectivity index (χ1n) is 6.10. The Morgan fingerprint density at radius 3 is 2.74 bits per heavy atom. The highest BCUT2D eigenvalue weighted by Crippen LogP contribution is 2.14. The van der Waals surface area contributed by atoms with Crippen LogP contribution < -0.4 is 5.32 Å². The lowest BCUT2D eigenvalue weighted by Gasteiger charge is -2.04. The Morgan fingerprint density at radius 2 is 2.16 bits per heavy atom. The first-order valence-corrected chi connectivity index (χ1v) is 6.10. The molecule has 0 aliphatic heterocycles. The number of hydrogen-bond donors (Lipinski definition) is 1. The Labute approximate surface area is 111 Å². The van der Waals surface area contributed by atoms with Gasteiger partial charge in [0.15, 0.2) is 5.69 Å². The highest BCUT2D eigenvalue weighted by Gasteiger charge is 2.07. The summed E-state index contributed by atoms with van der Waals surface area (Å²) in [6, 6.07) is 5.33. The van der Waals surface area contributed by atoms with Gasteiger partial charge in [-0.3, -0.25) is 0 Å². The van der Waals surface area contributed by atoms with Crippen LogP contribution in [0.3, 0.4) is 0 Å². The zero-order valence-electron chi connectivity index (χ0n) is 11.0. The Morgan fingerprint density at radius 1 is 1.32 bits per heavy atom. The molecule has 0 spiro atoms. The first-order chi connectivity index (χ1) is 9.20. The molecule has 2 heterocycles. The molecule has 0 aliphatic carbocycles. The van der Waals surface area contributed by atoms with Crippen molar-refractivity contribution in [1.82, 2.24) is 15.4 Å². The quantitative estimate of drug-likeness (QED) is 0.824. The van der Waals surface area contributed by atoms with Crippen molar-refractivity contribution in [3.05, 3.63) is 34.8 Å². The van der Waals surface area contributed by atoms with E-state index >= 15 is 0 Å². The lowest BCUT2D eigenvalue weighted by Crippen LogP contribution is -2.06. The van der Waals surface area contributed by atoms with Crippen molar-refractivity contribution in [1.29, 1.82) is 5.26 Å². The monoisotopic (exact) mass is 257 g/mol. The maximum atomic E-state index is 8.61. The molecule has 0 bridgehead atoms. The van der Waals surface area contributed by atoms with Crippen molar-refractivity contribution in [2.24, 2.45) is 0 Å². The second-order valence-electron chi connectivity index (χ2n) is 4.25. The molecule has 0 aliphatic rings. The maximum Gasteiger partial charge on any atom is 0.163 e. The molecule has 6 heteroatoms. The molecule has 2 aromatic rings. The highest BCUT2D eigenvalue weighted by atomic mass is 16.5. The van der Waals surface area contributed by atoms with Gasteiger partial charge in [-0.1, -0.05) is 5.16 Å². The number of anilines is 1. The number of aryl methyl sites for hydroxylation is 2. The van der Waals surface area contributed by atoms with Gasteiger partial charge in [0.05, 0.1) is 5.69 Å². The number of rotatable bonds is 5. The van der Waals surface area contributed by atoms with Gasteiger partial charge in [-0.05, 0) is 38.8 Å². The minimum absolute atomic E-state index is 0.321. The number of nitriles is 1. The average molecular weight is 257 g/mol. The second kappa shape index (κ2) is 5.96. The van der Waals surface area contributed by atoms with Crippen LogP contribution in [-0.2, 0) is 6.42 Å². The van der Waals surface area contributed by atoms with Crippen LogP contribution in [0.15, 0.2) is 16.7 Å². The van der Waals surface area contributed by atoms with E-state index in [2.05, 4.69) is 20.7 Å². The third-order valence-electron chi connectivity index (χ3n) is 2.87. The van der Waals surface area contributed by atoms with E-state index in [-0.39, 0.29) is 0 Å². The zero-order chi connectivity index (χ0) is 13.7. The minimum Gasteiger partial charge on any atom is -0.369 e. The van der Waals surface area contributed by atoms with E-state index in [4.69, 9.17) is 9.78 Å². The lowest BCUT2D eigenvalue weighted by atomic mass is 10.1. The van der Waals surface area contributed by atoms with Gasteiger partial charge in [-0.2, -0.15) is 5.26 Å². The summed E-state index contributed by atoms with van der Waals surface area (Å²) in [7, 11) is 0. The van der Waals surface area contributed by atoms with Crippen LogP contribution in [-0.4, -0.2) is 21.9 Å². The molecule has 0 radical (unpaired) electrons. The van der Waals surface area contributed by atoms with Crippen molar-refractivity contribution < 1.29 is 4.52 Å². The number of nitrogens with one attached hydrogen (secondary N) is 1. The Bertz CT molecular complexity index is 563. The number of aromatic nitrogens is 3. The molecule has 2 aromatic heterocycles. The standard InChI is InChI=1S/C13H15N5O/c1-9-12(10(2)19-18-9)4-3-7-15-13-6-5-11(8-14)16-17-13/h5-6H,3-4,7H2,1-2H3,(H,15,17). The summed E-state index contributed by atoms with van der Waals surface area (Å²) in [4.78, 5) is 0. The van der Waals surface area contributed by atoms with E-state index in [0.717, 1.165) is 30.8 Å². The second-order valence-corrected chi connectivity index (χ2v) is 4.25. The van der Waals surface area contributed by atoms with Crippen molar-refractivity contribution in [3.8, 4) is 6.07 Å². The van der Waals surface area contributed by atoms with Crippen LogP contribution in [0.2, 0.25) is 0 Å². The summed E-state index contributed by atoms with van der Waals surface area (Å²) in [6.07, 6.45) is 1.86. The van der Waals surface area contributed by atoms with E-state index in [1.54, 1.807) is 12.1 Å². The number of nitrogens with zero attached hydrogens (tertiary/aromatic N) is 4. The molecule has 2 rings (SSSR count). The van der Waals surface area contributed by atoms with E-state index in [1.165, 1.54) is 5.56 Å². The average Bonchev–Trinajstić information content (AvgIpc) is 2.75. The fourth-order valence-corrected chi connectivity index (χ4v) is 1.83. The van der Waals surface area contributed by atoms with Gasteiger partial charge < -0.3 is 9.84 Å². The fraction of sp³-hybridized carbons (Fsp3) is 0.385. The molecule has 0 fully saturated rings. The molecular formula is C13H15N5O. The topological polar surface area (TPSA) is 87.6 Å². The van der Waals surface area contributed by atoms with Gasteiger partial charge >= 0.3 is 0 Å². The van der Waals surface area contributed by atoms with Gasteiger partial charge in [-0.25, -0.2) is 0 Å². The molecule has 0 saturated carbocycles. The SMILES string of the molecule is Cc1noc(C)c1CCCNc1ccc(C#N)nn1. The van der Waals surface area contributed by atoms with Crippen molar-refractivity contribution in [2.45, 2.75) is 26.7 Å². The number of hydrogen-bond acceptors (Lipinski definition) is 6. The predicted molar refractivity (Wildman–Crippen MR) is 69.5 cm³/mol. The van der Waals surface area contributed by atoms with Crippen molar-refractivity contribution in [3.63, 3.8) is 0 Å². The minimum atomic E-state index is 0.321. The first kappa shape index (κ1) is 13.0. The van der Waals surface area contributed by atoms with E-state index < -0.39 is 0 Å². The molecule has 1 N–H and O–H groups in total. The summed E-state index contributed by atoms with van der Waals surface area (Å²) in [6.45, 7) is 4.66. The van der Waals surface area contributed by atoms with Crippen LogP contribution in [0.5, 0.6) is 0 Å². The summed E-state index contributed by atoms with van der Waals surface area (Å²) in [5.41, 5.74) is 2.45. The molecule has 0 saturated heterocycles. The smallest absolute Gasteiger partial charge is 0.163 e. The van der Waals surface area contributed by atoms with Crippen LogP contribution in [0.4, 0.5) is 5.82 Å². The lowest BCUT2D eigenvalue weighted by molar-refractivity contribution is 0.392. The van der Waals surface area contributed by atoms with Gasteiger partial charge in [0.1, 0.15) is 17.6 Å². The normalized spacial score (nSPS) is 10.2. The molecule has 6 nitrogen and oxygen atoms in total. The predicted octanol–water partition coefficient (Wildman–Crippen LogP) is 2.00. The van der Waals surface area contributed by atoms with Gasteiger partial charge in [0.2, 0.25) is 0 Å². The largest absolute Gasteiger partial charge is 0.369 e. The third kappa shape index (κ3) is 3.28. The fourth-order valence-electron chi connectivity index (χ4n) is 1.83. The van der Waals surface area contributed by atoms with Crippen molar-refractivity contribution in [2.75, 3.05) is 11.9 Å². The molecule has 0 atom stereocenters. The van der Waals surface area contributed by atoms with E-state index in [1.807, 2.05) is 19.9 Å². The summed E-state index contributed by atoms with van der Waals surface area (Å²) < 4.78 is 5.11. The summed E-state index contributed by atoms with van der Waals surface area (Å²) >= 11 is 0. The van der Waals surface area contributed by atoms with Gasteiger partial charge in [0, 0.05) is 12.1 Å². The van der Waals surface area contributed by atoms with E-state index in [9.17, 15) is 0 Å². The molecule has 19 heavy (non-hydrogen) atoms. The Balaban J connectivity index is 1.79. The maximum absolute atomic E-state index is 8.61. The Kier molecular flexibility index (Phi) is 4.08. The molecule has 0 amide bonds.